The summed E-state index contributed by atoms with van der Waals surface area (Å²) >= 11 is 1.33. The minimum atomic E-state index is -0.185. The number of rotatable bonds is 3. The van der Waals surface area contributed by atoms with Gasteiger partial charge in [0.25, 0.3) is 5.91 Å². The Labute approximate surface area is 178 Å². The van der Waals surface area contributed by atoms with E-state index in [1.807, 2.05) is 25.1 Å². The number of amides is 1. The molecule has 30 heavy (non-hydrogen) atoms. The molecular weight excluding hydrogens is 400 g/mol. The van der Waals surface area contributed by atoms with Crippen LogP contribution in [0.25, 0.3) is 10.2 Å². The van der Waals surface area contributed by atoms with Crippen LogP contribution in [0.15, 0.2) is 24.3 Å². The van der Waals surface area contributed by atoms with Gasteiger partial charge in [-0.25, -0.2) is 4.98 Å². The minimum Gasteiger partial charge on any atom is -0.475 e. The van der Waals surface area contributed by atoms with Gasteiger partial charge in [0.1, 0.15) is 22.1 Å². The van der Waals surface area contributed by atoms with E-state index in [1.165, 1.54) is 11.3 Å². The number of nitrogens with one attached hydrogen (secondary N) is 2. The van der Waals surface area contributed by atoms with Crippen molar-refractivity contribution in [3.05, 3.63) is 40.4 Å². The number of carbonyl (C=O) groups is 1. The smallest absolute Gasteiger partial charge is 0.263 e. The highest BCUT2D eigenvalue weighted by Crippen LogP contribution is 2.33. The summed E-state index contributed by atoms with van der Waals surface area (Å²) < 4.78 is 5.90. The predicted octanol–water partition coefficient (Wildman–Crippen LogP) is 1.73. The second-order valence-corrected chi connectivity index (χ2v) is 8.71. The Morgan fingerprint density at radius 3 is 2.93 bits per heavy atom. The summed E-state index contributed by atoms with van der Waals surface area (Å²) in [6.07, 6.45) is 0.679. The molecule has 5 heterocycles. The number of aryl methyl sites for hydroxylation is 1. The first kappa shape index (κ1) is 19.1. The molecule has 8 nitrogen and oxygen atoms in total. The van der Waals surface area contributed by atoms with Gasteiger partial charge in [-0.3, -0.25) is 4.79 Å². The Hall–Kier alpha value is -2.91. The van der Waals surface area contributed by atoms with Crippen LogP contribution in [0, 0.1) is 6.92 Å². The summed E-state index contributed by atoms with van der Waals surface area (Å²) in [5.41, 5.74) is 8.61. The van der Waals surface area contributed by atoms with Crippen LogP contribution in [0.5, 0.6) is 5.88 Å². The highest BCUT2D eigenvalue weighted by atomic mass is 32.1. The van der Waals surface area contributed by atoms with Gasteiger partial charge in [-0.2, -0.15) is 4.98 Å². The number of anilines is 2. The fraction of sp³-hybridized carbons (Fsp3) is 0.381. The van der Waals surface area contributed by atoms with Crippen molar-refractivity contribution in [3.63, 3.8) is 0 Å². The van der Waals surface area contributed by atoms with Crippen molar-refractivity contribution in [2.24, 2.45) is 0 Å². The molecule has 0 radical (unpaired) electrons. The van der Waals surface area contributed by atoms with E-state index >= 15 is 0 Å². The van der Waals surface area contributed by atoms with Crippen molar-refractivity contribution in [2.45, 2.75) is 19.4 Å². The molecule has 3 aromatic heterocycles. The molecule has 0 unspecified atom stereocenters. The van der Waals surface area contributed by atoms with Crippen LogP contribution in [0.1, 0.15) is 20.9 Å². The average molecular weight is 425 g/mol. The number of pyridine rings is 2. The van der Waals surface area contributed by atoms with Gasteiger partial charge in [-0.1, -0.05) is 0 Å². The summed E-state index contributed by atoms with van der Waals surface area (Å²) in [7, 11) is 0. The van der Waals surface area contributed by atoms with E-state index in [2.05, 4.69) is 26.6 Å². The van der Waals surface area contributed by atoms with Crippen LogP contribution >= 0.6 is 11.3 Å². The Kier molecular flexibility index (Phi) is 4.92. The molecule has 2 aliphatic rings. The topological polar surface area (TPSA) is 105 Å². The number of carbonyl (C=O) groups excluding carboxylic acids is 1. The molecule has 0 bridgehead atoms. The first-order valence-electron chi connectivity index (χ1n) is 10.1. The predicted molar refractivity (Wildman–Crippen MR) is 119 cm³/mol. The molecule has 0 aromatic carbocycles. The highest BCUT2D eigenvalue weighted by molar-refractivity contribution is 7.21. The number of thiophene rings is 1. The molecule has 0 aliphatic carbocycles. The molecular formula is C21H24N6O2S. The molecule has 3 aromatic rings. The Morgan fingerprint density at radius 1 is 1.27 bits per heavy atom. The molecule has 156 valence electrons. The summed E-state index contributed by atoms with van der Waals surface area (Å²) in [4.78, 5) is 25.6. The first-order chi connectivity index (χ1) is 14.6. The zero-order valence-corrected chi connectivity index (χ0v) is 17.6. The van der Waals surface area contributed by atoms with Crippen LogP contribution in [-0.2, 0) is 6.42 Å². The lowest BCUT2D eigenvalue weighted by molar-refractivity contribution is 0.0918. The number of ether oxygens (including phenoxy) is 1. The lowest BCUT2D eigenvalue weighted by atomic mass is 10.1. The zero-order valence-electron chi connectivity index (χ0n) is 16.8. The van der Waals surface area contributed by atoms with E-state index in [9.17, 15) is 4.79 Å². The molecule has 2 aliphatic heterocycles. The number of nitrogens with two attached hydrogens (primary N) is 1. The molecule has 0 saturated carbocycles. The third-order valence-electron chi connectivity index (χ3n) is 5.53. The number of hydrogen-bond acceptors (Lipinski definition) is 8. The molecule has 1 fully saturated rings. The van der Waals surface area contributed by atoms with E-state index in [1.54, 1.807) is 0 Å². The number of aromatic nitrogens is 2. The third-order valence-corrected chi connectivity index (χ3v) is 6.64. The Bertz CT molecular complexity index is 1110. The summed E-state index contributed by atoms with van der Waals surface area (Å²) in [5.74, 6) is 1.42. The van der Waals surface area contributed by atoms with E-state index in [0.29, 0.717) is 29.5 Å². The number of piperazine rings is 1. The van der Waals surface area contributed by atoms with Crippen molar-refractivity contribution in [1.29, 1.82) is 0 Å². The highest BCUT2D eigenvalue weighted by Gasteiger charge is 2.26. The summed E-state index contributed by atoms with van der Waals surface area (Å²) in [6, 6.07) is 7.78. The standard InChI is InChI=1S/C21H24N6O2S/c1-12-2-4-15-17(22)18(30-21(15)24-12)19(28)25-14-10-13-3-5-16(26-20(13)29-11-14)27-8-6-23-7-9-27/h2-5,14,23H,6-11,22H2,1H3,(H,25,28)/t14-/m1/s1. The maximum absolute atomic E-state index is 12.9. The van der Waals surface area contributed by atoms with Gasteiger partial charge < -0.3 is 26.0 Å². The maximum atomic E-state index is 12.9. The van der Waals surface area contributed by atoms with Crippen LogP contribution in [0.2, 0.25) is 0 Å². The fourth-order valence-corrected chi connectivity index (χ4v) is 4.96. The van der Waals surface area contributed by atoms with E-state index in [-0.39, 0.29) is 11.9 Å². The maximum Gasteiger partial charge on any atom is 0.263 e. The van der Waals surface area contributed by atoms with Gasteiger partial charge in [0.15, 0.2) is 0 Å². The molecule has 4 N–H and O–H groups in total. The van der Waals surface area contributed by atoms with Crippen molar-refractivity contribution >= 4 is 39.0 Å². The van der Waals surface area contributed by atoms with E-state index < -0.39 is 0 Å². The number of hydrogen-bond donors (Lipinski definition) is 3. The molecule has 1 atom stereocenters. The normalized spacial score (nSPS) is 18.7. The molecule has 9 heteroatoms. The summed E-state index contributed by atoms with van der Waals surface area (Å²) in [6.45, 7) is 6.12. The van der Waals surface area contributed by atoms with Gasteiger partial charge >= 0.3 is 0 Å². The molecule has 1 saturated heterocycles. The second-order valence-electron chi connectivity index (χ2n) is 7.71. The van der Waals surface area contributed by atoms with Crippen LogP contribution in [-0.4, -0.2) is 54.7 Å². The minimum absolute atomic E-state index is 0.129. The monoisotopic (exact) mass is 424 g/mol. The van der Waals surface area contributed by atoms with E-state index in [4.69, 9.17) is 15.5 Å². The molecule has 1 amide bonds. The zero-order chi connectivity index (χ0) is 20.7. The van der Waals surface area contributed by atoms with Crippen LogP contribution in [0.4, 0.5) is 11.5 Å². The van der Waals surface area contributed by atoms with Crippen molar-refractivity contribution in [2.75, 3.05) is 43.4 Å². The molecule has 5 rings (SSSR count). The van der Waals surface area contributed by atoms with Gasteiger partial charge in [-0.05, 0) is 31.2 Å². The van der Waals surface area contributed by atoms with Crippen LogP contribution < -0.4 is 26.0 Å². The van der Waals surface area contributed by atoms with Crippen molar-refractivity contribution < 1.29 is 9.53 Å². The van der Waals surface area contributed by atoms with Gasteiger partial charge in [-0.15, -0.1) is 11.3 Å². The van der Waals surface area contributed by atoms with Crippen molar-refractivity contribution in [3.8, 4) is 5.88 Å². The third kappa shape index (κ3) is 3.54. The average Bonchev–Trinajstić information content (AvgIpc) is 3.09. The van der Waals surface area contributed by atoms with Gasteiger partial charge in [0.2, 0.25) is 5.88 Å². The van der Waals surface area contributed by atoms with Crippen LogP contribution in [0.3, 0.4) is 0 Å². The van der Waals surface area contributed by atoms with Gasteiger partial charge in [0, 0.05) is 49.2 Å². The Morgan fingerprint density at radius 2 is 2.10 bits per heavy atom. The van der Waals surface area contributed by atoms with Crippen molar-refractivity contribution in [1.82, 2.24) is 20.6 Å². The number of nitrogens with zero attached hydrogens (tertiary/aromatic N) is 3. The van der Waals surface area contributed by atoms with E-state index in [0.717, 1.165) is 53.5 Å². The number of nitrogen functional groups attached to an aromatic ring is 1. The number of fused-ring (bicyclic) bond motifs is 2. The first-order valence-corrected chi connectivity index (χ1v) is 10.9. The molecule has 0 spiro atoms. The SMILES string of the molecule is Cc1ccc2c(N)c(C(=O)N[C@H]3COc4nc(N5CCNCC5)ccc4C3)sc2n1. The fourth-order valence-electron chi connectivity index (χ4n) is 3.92. The lowest BCUT2D eigenvalue weighted by Crippen LogP contribution is -2.44. The lowest BCUT2D eigenvalue weighted by Gasteiger charge is -2.30. The Balaban J connectivity index is 1.29. The summed E-state index contributed by atoms with van der Waals surface area (Å²) in [5, 5.41) is 7.23. The quantitative estimate of drug-likeness (QED) is 0.588. The second kappa shape index (κ2) is 7.73. The van der Waals surface area contributed by atoms with Gasteiger partial charge in [0.05, 0.1) is 11.7 Å². The largest absolute Gasteiger partial charge is 0.475 e.